The second-order valence-electron chi connectivity index (χ2n) is 8.00. The topological polar surface area (TPSA) is 81.7 Å². The second kappa shape index (κ2) is 9.95. The number of tetrazole rings is 1. The van der Waals surface area contributed by atoms with E-state index in [0.29, 0.717) is 11.8 Å². The van der Waals surface area contributed by atoms with E-state index in [-0.39, 0.29) is 6.04 Å². The summed E-state index contributed by atoms with van der Waals surface area (Å²) >= 11 is 0. The lowest BCUT2D eigenvalue weighted by Gasteiger charge is -2.30. The average Bonchev–Trinajstić information content (AvgIpc) is 3.15. The Labute approximate surface area is 162 Å². The Balaban J connectivity index is 1.77. The van der Waals surface area contributed by atoms with Crippen LogP contribution in [0.15, 0.2) is 24.3 Å². The van der Waals surface area contributed by atoms with Crippen LogP contribution in [0, 0.1) is 18.8 Å². The summed E-state index contributed by atoms with van der Waals surface area (Å²) in [5, 5.41) is 16.4. The normalized spacial score (nSPS) is 21.3. The third-order valence-electron chi connectivity index (χ3n) is 5.75. The summed E-state index contributed by atoms with van der Waals surface area (Å²) in [6.45, 7) is 6.98. The molecule has 0 saturated heterocycles. The number of nitrogens with two attached hydrogens (primary N) is 1. The van der Waals surface area contributed by atoms with Crippen molar-refractivity contribution in [1.29, 1.82) is 0 Å². The number of aryl methyl sites for hydroxylation is 2. The van der Waals surface area contributed by atoms with Crippen LogP contribution in [0.25, 0.3) is 0 Å². The zero-order valence-corrected chi connectivity index (χ0v) is 16.8. The van der Waals surface area contributed by atoms with Crippen molar-refractivity contribution in [3.63, 3.8) is 0 Å². The highest BCUT2D eigenvalue weighted by atomic mass is 15.5. The van der Waals surface area contributed by atoms with Gasteiger partial charge in [-0.25, -0.2) is 4.68 Å². The summed E-state index contributed by atoms with van der Waals surface area (Å²) in [5.41, 5.74) is 8.41. The van der Waals surface area contributed by atoms with Gasteiger partial charge in [0.25, 0.3) is 0 Å². The van der Waals surface area contributed by atoms with Crippen LogP contribution in [-0.4, -0.2) is 33.3 Å². The Kier molecular flexibility index (Phi) is 7.35. The highest BCUT2D eigenvalue weighted by Gasteiger charge is 2.25. The summed E-state index contributed by atoms with van der Waals surface area (Å²) in [5.74, 6) is 2.28. The lowest BCUT2D eigenvalue weighted by molar-refractivity contribution is 0.259. The lowest BCUT2D eigenvalue weighted by atomic mass is 9.81. The van der Waals surface area contributed by atoms with Gasteiger partial charge < -0.3 is 11.1 Å². The summed E-state index contributed by atoms with van der Waals surface area (Å²) in [6.07, 6.45) is 7.29. The molecule has 6 heteroatoms. The van der Waals surface area contributed by atoms with Crippen LogP contribution in [0.3, 0.4) is 0 Å². The van der Waals surface area contributed by atoms with Crippen LogP contribution in [-0.2, 0) is 6.54 Å². The highest BCUT2D eigenvalue weighted by Crippen LogP contribution is 2.29. The second-order valence-corrected chi connectivity index (χ2v) is 8.00. The number of rotatable bonds is 9. The predicted octanol–water partition coefficient (Wildman–Crippen LogP) is 3.23. The molecule has 3 atom stereocenters. The van der Waals surface area contributed by atoms with E-state index in [2.05, 4.69) is 59.0 Å². The van der Waals surface area contributed by atoms with Gasteiger partial charge >= 0.3 is 0 Å². The molecule has 1 saturated carbocycles. The van der Waals surface area contributed by atoms with Crippen molar-refractivity contribution in [2.75, 3.05) is 13.1 Å². The van der Waals surface area contributed by atoms with Crippen LogP contribution >= 0.6 is 0 Å². The number of benzene rings is 1. The first kappa shape index (κ1) is 20.0. The molecule has 1 heterocycles. The maximum absolute atomic E-state index is 5.92. The minimum Gasteiger partial charge on any atom is -0.330 e. The van der Waals surface area contributed by atoms with Crippen LogP contribution in [0.2, 0.25) is 0 Å². The van der Waals surface area contributed by atoms with Gasteiger partial charge in [0.2, 0.25) is 0 Å². The van der Waals surface area contributed by atoms with Crippen LogP contribution in [0.4, 0.5) is 0 Å². The zero-order valence-electron chi connectivity index (χ0n) is 16.8. The Morgan fingerprint density at radius 1 is 1.30 bits per heavy atom. The van der Waals surface area contributed by atoms with E-state index in [1.54, 1.807) is 0 Å². The van der Waals surface area contributed by atoms with Crippen molar-refractivity contribution in [2.45, 2.75) is 65.0 Å². The third-order valence-corrected chi connectivity index (χ3v) is 5.75. The number of aromatic nitrogens is 4. The van der Waals surface area contributed by atoms with Crippen LogP contribution in [0.1, 0.15) is 68.4 Å². The van der Waals surface area contributed by atoms with Crippen molar-refractivity contribution in [1.82, 2.24) is 25.5 Å². The first-order chi connectivity index (χ1) is 13.2. The van der Waals surface area contributed by atoms with E-state index in [4.69, 9.17) is 5.73 Å². The van der Waals surface area contributed by atoms with Gasteiger partial charge in [0.05, 0.1) is 6.04 Å². The van der Waals surface area contributed by atoms with E-state index in [0.717, 1.165) is 38.3 Å². The smallest absolute Gasteiger partial charge is 0.172 e. The molecule has 3 unspecified atom stereocenters. The fourth-order valence-electron chi connectivity index (χ4n) is 4.18. The monoisotopic (exact) mass is 370 g/mol. The molecule has 0 aliphatic heterocycles. The maximum atomic E-state index is 5.92. The van der Waals surface area contributed by atoms with E-state index in [1.165, 1.54) is 36.8 Å². The highest BCUT2D eigenvalue weighted by molar-refractivity contribution is 5.28. The molecule has 1 aromatic carbocycles. The van der Waals surface area contributed by atoms with Gasteiger partial charge in [0.15, 0.2) is 5.82 Å². The van der Waals surface area contributed by atoms with Crippen molar-refractivity contribution in [3.05, 3.63) is 41.2 Å². The molecule has 3 N–H and O–H groups in total. The molecular weight excluding hydrogens is 336 g/mol. The number of nitrogens with one attached hydrogen (secondary N) is 1. The molecule has 1 aliphatic rings. The van der Waals surface area contributed by atoms with Gasteiger partial charge in [-0.15, -0.1) is 5.10 Å². The summed E-state index contributed by atoms with van der Waals surface area (Å²) in [4.78, 5) is 0. The van der Waals surface area contributed by atoms with Gasteiger partial charge in [-0.3, -0.25) is 0 Å². The zero-order chi connectivity index (χ0) is 19.1. The molecule has 27 heavy (non-hydrogen) atoms. The van der Waals surface area contributed by atoms with E-state index in [9.17, 15) is 0 Å². The molecule has 3 rings (SSSR count). The number of hydrogen-bond donors (Lipinski definition) is 2. The van der Waals surface area contributed by atoms with Crippen molar-refractivity contribution >= 4 is 0 Å². The van der Waals surface area contributed by atoms with Crippen molar-refractivity contribution in [2.24, 2.45) is 17.6 Å². The van der Waals surface area contributed by atoms with Gasteiger partial charge in [0, 0.05) is 6.54 Å². The van der Waals surface area contributed by atoms with Gasteiger partial charge in [0.1, 0.15) is 0 Å². The predicted molar refractivity (Wildman–Crippen MR) is 108 cm³/mol. The average molecular weight is 371 g/mol. The van der Waals surface area contributed by atoms with E-state index in [1.807, 2.05) is 4.68 Å². The Morgan fingerprint density at radius 2 is 2.15 bits per heavy atom. The quantitative estimate of drug-likeness (QED) is 0.708. The molecule has 0 amide bonds. The van der Waals surface area contributed by atoms with Gasteiger partial charge in [-0.1, -0.05) is 49.6 Å². The molecule has 0 spiro atoms. The van der Waals surface area contributed by atoms with E-state index >= 15 is 0 Å². The Hall–Kier alpha value is -1.79. The molecule has 2 aromatic rings. The largest absolute Gasteiger partial charge is 0.330 e. The fraction of sp³-hybridized carbons (Fsp3) is 0.667. The minimum absolute atomic E-state index is 0.0232. The maximum Gasteiger partial charge on any atom is 0.172 e. The molecule has 1 fully saturated rings. The molecular formula is C21H34N6. The molecule has 0 bridgehead atoms. The lowest BCUT2D eigenvalue weighted by Crippen LogP contribution is -2.33. The molecule has 1 aromatic heterocycles. The number of unbranched alkanes of at least 4 members (excludes halogenated alkanes) is 1. The molecule has 0 radical (unpaired) electrons. The number of nitrogens with zero attached hydrogens (tertiary/aromatic N) is 4. The minimum atomic E-state index is 0.0232. The number of hydrogen-bond acceptors (Lipinski definition) is 5. The summed E-state index contributed by atoms with van der Waals surface area (Å²) in [6, 6.07) is 8.68. The standard InChI is InChI=1S/C21H34N6/c1-3-4-11-27-21(24-25-26-27)20(19-10-5-7-16(2)12-19)23-15-18-9-6-8-17(13-18)14-22/h5,7,10,12,17-18,20,23H,3-4,6,8-9,11,13-15,22H2,1-2H3. The summed E-state index contributed by atoms with van der Waals surface area (Å²) in [7, 11) is 0. The van der Waals surface area contributed by atoms with Crippen molar-refractivity contribution in [3.8, 4) is 0 Å². The molecule has 1 aliphatic carbocycles. The molecule has 6 nitrogen and oxygen atoms in total. The van der Waals surface area contributed by atoms with Gasteiger partial charge in [-0.05, 0) is 73.5 Å². The first-order valence-electron chi connectivity index (χ1n) is 10.5. The Morgan fingerprint density at radius 3 is 2.93 bits per heavy atom. The van der Waals surface area contributed by atoms with Crippen LogP contribution < -0.4 is 11.1 Å². The summed E-state index contributed by atoms with van der Waals surface area (Å²) < 4.78 is 1.97. The van der Waals surface area contributed by atoms with E-state index < -0.39 is 0 Å². The molecule has 148 valence electrons. The van der Waals surface area contributed by atoms with Crippen LogP contribution in [0.5, 0.6) is 0 Å². The fourth-order valence-corrected chi connectivity index (χ4v) is 4.18. The SMILES string of the molecule is CCCCn1nnnc1C(NCC1CCCC(CN)C1)c1cccc(C)c1. The van der Waals surface area contributed by atoms with Gasteiger partial charge in [-0.2, -0.15) is 0 Å². The van der Waals surface area contributed by atoms with Crippen molar-refractivity contribution < 1.29 is 0 Å². The Bertz CT molecular complexity index is 697. The third kappa shape index (κ3) is 5.36. The first-order valence-corrected chi connectivity index (χ1v) is 10.5.